The number of rotatable bonds is 1. The number of halogens is 2. The Morgan fingerprint density at radius 1 is 1.18 bits per heavy atom. The lowest BCUT2D eigenvalue weighted by Crippen LogP contribution is -2.26. The largest absolute Gasteiger partial charge is 0.456 e. The molecule has 2 aliphatic heterocycles. The quantitative estimate of drug-likeness (QED) is 0.779. The summed E-state index contributed by atoms with van der Waals surface area (Å²) in [5.74, 6) is -1.25. The maximum absolute atomic E-state index is 13.5. The lowest BCUT2D eigenvalue weighted by molar-refractivity contribution is -0.136. The molecule has 0 saturated heterocycles. The summed E-state index contributed by atoms with van der Waals surface area (Å²) >= 11 is 3.16. The zero-order valence-corrected chi connectivity index (χ0v) is 13.0. The summed E-state index contributed by atoms with van der Waals surface area (Å²) < 4.78 is 18.9. The van der Waals surface area contributed by atoms with Crippen LogP contribution in [0.1, 0.15) is 24.3 Å². The predicted molar refractivity (Wildman–Crippen MR) is 79.2 cm³/mol. The molecule has 2 heterocycles. The SMILES string of the molecule is O=C1CCC2=C1C(c1ccc(F)c(Br)c1)C1=C(COC1=O)N2. The van der Waals surface area contributed by atoms with Gasteiger partial charge in [-0.1, -0.05) is 6.07 Å². The van der Waals surface area contributed by atoms with E-state index in [9.17, 15) is 14.0 Å². The maximum Gasteiger partial charge on any atom is 0.337 e. The number of nitrogens with one attached hydrogen (secondary N) is 1. The van der Waals surface area contributed by atoms with Gasteiger partial charge in [0, 0.05) is 23.6 Å². The number of esters is 1. The predicted octanol–water partition coefficient (Wildman–Crippen LogP) is 2.70. The van der Waals surface area contributed by atoms with Gasteiger partial charge in [0.05, 0.1) is 15.7 Å². The molecule has 1 aliphatic carbocycles. The number of benzene rings is 1. The van der Waals surface area contributed by atoms with E-state index in [4.69, 9.17) is 4.74 Å². The van der Waals surface area contributed by atoms with E-state index in [0.717, 1.165) is 5.70 Å². The van der Waals surface area contributed by atoms with Gasteiger partial charge in [-0.25, -0.2) is 9.18 Å². The van der Waals surface area contributed by atoms with Crippen molar-refractivity contribution in [1.82, 2.24) is 5.32 Å². The smallest absolute Gasteiger partial charge is 0.337 e. The third-order valence-electron chi connectivity index (χ3n) is 4.28. The molecule has 1 unspecified atom stereocenters. The molecule has 1 N–H and O–H groups in total. The van der Waals surface area contributed by atoms with Crippen molar-refractivity contribution >= 4 is 27.7 Å². The molecule has 4 rings (SSSR count). The van der Waals surface area contributed by atoms with Gasteiger partial charge in [-0.05, 0) is 40.0 Å². The molecule has 1 aromatic carbocycles. The van der Waals surface area contributed by atoms with Gasteiger partial charge in [-0.3, -0.25) is 4.79 Å². The molecule has 6 heteroatoms. The van der Waals surface area contributed by atoms with Crippen LogP contribution in [0.3, 0.4) is 0 Å². The van der Waals surface area contributed by atoms with Crippen molar-refractivity contribution in [3.63, 3.8) is 0 Å². The van der Waals surface area contributed by atoms with Crippen LogP contribution in [0.4, 0.5) is 4.39 Å². The van der Waals surface area contributed by atoms with E-state index in [1.54, 1.807) is 12.1 Å². The number of carbonyl (C=O) groups is 2. The van der Waals surface area contributed by atoms with E-state index in [1.807, 2.05) is 0 Å². The molecular formula is C16H11BrFNO3. The molecule has 3 aliphatic rings. The molecule has 112 valence electrons. The molecule has 0 spiro atoms. The first kappa shape index (κ1) is 13.7. The fourth-order valence-corrected chi connectivity index (χ4v) is 3.70. The highest BCUT2D eigenvalue weighted by Gasteiger charge is 2.43. The molecule has 0 aromatic heterocycles. The second-order valence-electron chi connectivity index (χ2n) is 5.52. The highest BCUT2D eigenvalue weighted by Crippen LogP contribution is 2.45. The standard InChI is InChI=1S/C16H11BrFNO3/c17-8-5-7(1-2-9(8)18)13-14-10(3-4-12(14)20)19-11-6-22-16(21)15(11)13/h1-2,5,13,19H,3-4,6H2. The Hall–Kier alpha value is -1.95. The number of carbonyl (C=O) groups excluding carboxylic acids is 2. The monoisotopic (exact) mass is 363 g/mol. The Labute approximate surface area is 134 Å². The number of dihydropyridines is 1. The van der Waals surface area contributed by atoms with E-state index in [0.29, 0.717) is 39.7 Å². The molecule has 1 atom stereocenters. The Kier molecular flexibility index (Phi) is 2.97. The Morgan fingerprint density at radius 2 is 2.00 bits per heavy atom. The summed E-state index contributed by atoms with van der Waals surface area (Å²) in [6.45, 7) is 0.192. The second-order valence-corrected chi connectivity index (χ2v) is 6.37. The molecule has 0 amide bonds. The molecule has 0 saturated carbocycles. The van der Waals surface area contributed by atoms with Crippen LogP contribution >= 0.6 is 15.9 Å². The van der Waals surface area contributed by atoms with Crippen molar-refractivity contribution in [2.45, 2.75) is 18.8 Å². The Morgan fingerprint density at radius 3 is 2.77 bits per heavy atom. The zero-order valence-electron chi connectivity index (χ0n) is 11.4. The van der Waals surface area contributed by atoms with Crippen LogP contribution in [-0.4, -0.2) is 18.4 Å². The van der Waals surface area contributed by atoms with Gasteiger partial charge in [0.25, 0.3) is 0 Å². The van der Waals surface area contributed by atoms with E-state index in [2.05, 4.69) is 21.2 Å². The van der Waals surface area contributed by atoms with Gasteiger partial charge in [-0.2, -0.15) is 0 Å². The fraction of sp³-hybridized carbons (Fsp3) is 0.250. The van der Waals surface area contributed by atoms with Crippen LogP contribution < -0.4 is 5.32 Å². The molecule has 4 nitrogen and oxygen atoms in total. The number of Topliss-reactive ketones (excluding diaryl/α,β-unsaturated/α-hetero) is 1. The van der Waals surface area contributed by atoms with Crippen molar-refractivity contribution < 1.29 is 18.7 Å². The van der Waals surface area contributed by atoms with Crippen molar-refractivity contribution in [3.8, 4) is 0 Å². The molecule has 0 radical (unpaired) electrons. The third-order valence-corrected chi connectivity index (χ3v) is 4.88. The first-order chi connectivity index (χ1) is 10.6. The zero-order chi connectivity index (χ0) is 15.4. The molecule has 0 bridgehead atoms. The van der Waals surface area contributed by atoms with Gasteiger partial charge < -0.3 is 10.1 Å². The highest BCUT2D eigenvalue weighted by atomic mass is 79.9. The summed E-state index contributed by atoms with van der Waals surface area (Å²) in [7, 11) is 0. The summed E-state index contributed by atoms with van der Waals surface area (Å²) in [6.07, 6.45) is 1.07. The van der Waals surface area contributed by atoms with E-state index in [1.165, 1.54) is 6.07 Å². The van der Waals surface area contributed by atoms with Crippen molar-refractivity contribution in [2.75, 3.05) is 6.61 Å². The van der Waals surface area contributed by atoms with E-state index >= 15 is 0 Å². The molecule has 0 fully saturated rings. The van der Waals surface area contributed by atoms with Gasteiger partial charge in [0.15, 0.2) is 5.78 Å². The molecule has 22 heavy (non-hydrogen) atoms. The van der Waals surface area contributed by atoms with Crippen LogP contribution in [-0.2, 0) is 14.3 Å². The maximum atomic E-state index is 13.5. The first-order valence-corrected chi connectivity index (χ1v) is 7.74. The summed E-state index contributed by atoms with van der Waals surface area (Å²) in [6, 6.07) is 4.57. The van der Waals surface area contributed by atoms with Crippen LogP contribution in [0.5, 0.6) is 0 Å². The lowest BCUT2D eigenvalue weighted by Gasteiger charge is -2.26. The van der Waals surface area contributed by atoms with Crippen molar-refractivity contribution in [2.24, 2.45) is 0 Å². The number of ketones is 1. The van der Waals surface area contributed by atoms with Gasteiger partial charge in [0.2, 0.25) is 0 Å². The van der Waals surface area contributed by atoms with Crippen LogP contribution in [0.15, 0.2) is 45.2 Å². The van der Waals surface area contributed by atoms with Crippen LogP contribution in [0.2, 0.25) is 0 Å². The average molecular weight is 364 g/mol. The van der Waals surface area contributed by atoms with Crippen LogP contribution in [0.25, 0.3) is 0 Å². The summed E-state index contributed by atoms with van der Waals surface area (Å²) in [5, 5.41) is 3.17. The minimum absolute atomic E-state index is 0.0270. The minimum atomic E-state index is -0.479. The number of cyclic esters (lactones) is 1. The average Bonchev–Trinajstić information content (AvgIpc) is 3.05. The van der Waals surface area contributed by atoms with Crippen molar-refractivity contribution in [3.05, 3.63) is 56.6 Å². The minimum Gasteiger partial charge on any atom is -0.456 e. The number of ether oxygens (including phenoxy) is 1. The van der Waals surface area contributed by atoms with Gasteiger partial charge in [0.1, 0.15) is 12.4 Å². The number of hydrogen-bond donors (Lipinski definition) is 1. The summed E-state index contributed by atoms with van der Waals surface area (Å²) in [4.78, 5) is 24.4. The third kappa shape index (κ3) is 1.86. The van der Waals surface area contributed by atoms with Crippen molar-refractivity contribution in [1.29, 1.82) is 0 Å². The second kappa shape index (κ2) is 4.78. The van der Waals surface area contributed by atoms with Gasteiger partial charge >= 0.3 is 5.97 Å². The van der Waals surface area contributed by atoms with E-state index < -0.39 is 11.9 Å². The highest BCUT2D eigenvalue weighted by molar-refractivity contribution is 9.10. The number of allylic oxidation sites excluding steroid dienone is 2. The van der Waals surface area contributed by atoms with Gasteiger partial charge in [-0.15, -0.1) is 0 Å². The van der Waals surface area contributed by atoms with E-state index in [-0.39, 0.29) is 18.2 Å². The Bertz CT molecular complexity index is 757. The topological polar surface area (TPSA) is 55.4 Å². The normalized spacial score (nSPS) is 23.5. The first-order valence-electron chi connectivity index (χ1n) is 6.94. The summed E-state index contributed by atoms with van der Waals surface area (Å²) in [5.41, 5.74) is 3.35. The van der Waals surface area contributed by atoms with Crippen LogP contribution in [0, 0.1) is 5.82 Å². The molecule has 1 aromatic rings. The molecular weight excluding hydrogens is 353 g/mol. The lowest BCUT2D eigenvalue weighted by atomic mass is 9.81. The number of hydrogen-bond acceptors (Lipinski definition) is 4. The Balaban J connectivity index is 1.91. The fourth-order valence-electron chi connectivity index (χ4n) is 3.30.